The molecule has 1 aromatic carbocycles. The number of hydrogen-bond acceptors (Lipinski definition) is 2. The molecule has 1 nitrogen and oxygen atoms in total. The number of thioether (sulfide) groups is 1. The Bertz CT molecular complexity index is 348. The van der Waals surface area contributed by atoms with Gasteiger partial charge in [-0.25, -0.2) is 0 Å². The molecule has 0 aliphatic heterocycles. The highest BCUT2D eigenvalue weighted by atomic mass is 79.9. The van der Waals surface area contributed by atoms with Gasteiger partial charge in [-0.05, 0) is 36.5 Å². The molecule has 2 N–H and O–H groups in total. The highest BCUT2D eigenvalue weighted by Crippen LogP contribution is 2.33. The summed E-state index contributed by atoms with van der Waals surface area (Å²) in [7, 11) is 0. The predicted octanol–water partition coefficient (Wildman–Crippen LogP) is 4.19. The van der Waals surface area contributed by atoms with E-state index >= 15 is 0 Å². The summed E-state index contributed by atoms with van der Waals surface area (Å²) >= 11 is 5.50. The van der Waals surface area contributed by atoms with Crippen molar-refractivity contribution in [3.63, 3.8) is 0 Å². The minimum atomic E-state index is 0.639. The Morgan fingerprint density at radius 3 is 2.75 bits per heavy atom. The largest absolute Gasteiger partial charge is 0.326 e. The Hall–Kier alpha value is 0.01000. The molecule has 1 aromatic rings. The van der Waals surface area contributed by atoms with Crippen LogP contribution in [0.5, 0.6) is 0 Å². The Balaban J connectivity index is 1.98. The lowest BCUT2D eigenvalue weighted by atomic mass is 10.1. The van der Waals surface area contributed by atoms with Crippen molar-refractivity contribution in [3.8, 4) is 0 Å². The van der Waals surface area contributed by atoms with Gasteiger partial charge in [0.2, 0.25) is 0 Å². The Kier molecular flexibility index (Phi) is 4.74. The average molecular weight is 300 g/mol. The zero-order valence-electron chi connectivity index (χ0n) is 9.42. The molecule has 1 fully saturated rings. The molecule has 3 heteroatoms. The van der Waals surface area contributed by atoms with Crippen molar-refractivity contribution >= 4 is 27.7 Å². The molecule has 0 unspecified atom stereocenters. The first-order valence-electron chi connectivity index (χ1n) is 5.91. The molecule has 0 amide bonds. The zero-order chi connectivity index (χ0) is 11.4. The Morgan fingerprint density at radius 2 is 2.06 bits per heavy atom. The summed E-state index contributed by atoms with van der Waals surface area (Å²) in [6.45, 7) is 0.639. The van der Waals surface area contributed by atoms with Gasteiger partial charge in [0.1, 0.15) is 0 Å². The molecule has 0 spiro atoms. The van der Waals surface area contributed by atoms with Crippen LogP contribution in [0.15, 0.2) is 27.6 Å². The van der Waals surface area contributed by atoms with Gasteiger partial charge in [0.15, 0.2) is 0 Å². The van der Waals surface area contributed by atoms with Gasteiger partial charge >= 0.3 is 0 Å². The van der Waals surface area contributed by atoms with Crippen molar-refractivity contribution in [2.75, 3.05) is 5.75 Å². The van der Waals surface area contributed by atoms with Crippen molar-refractivity contribution < 1.29 is 0 Å². The first-order chi connectivity index (χ1) is 7.79. The third-order valence-electron chi connectivity index (χ3n) is 3.20. The topological polar surface area (TPSA) is 26.0 Å². The summed E-state index contributed by atoms with van der Waals surface area (Å²) in [6.07, 6.45) is 5.68. The fourth-order valence-electron chi connectivity index (χ4n) is 2.22. The summed E-state index contributed by atoms with van der Waals surface area (Å²) in [5.41, 5.74) is 7.03. The summed E-state index contributed by atoms with van der Waals surface area (Å²) in [5, 5.41) is 0. The minimum Gasteiger partial charge on any atom is -0.326 e. The van der Waals surface area contributed by atoms with Gasteiger partial charge in [-0.1, -0.05) is 34.8 Å². The first kappa shape index (κ1) is 12.5. The second-order valence-electron chi connectivity index (χ2n) is 4.42. The monoisotopic (exact) mass is 299 g/mol. The van der Waals surface area contributed by atoms with Crippen LogP contribution in [0.25, 0.3) is 0 Å². The van der Waals surface area contributed by atoms with Crippen LogP contribution in [0.4, 0.5) is 0 Å². The Labute approximate surface area is 110 Å². The second-order valence-corrected chi connectivity index (χ2v) is 6.40. The molecule has 16 heavy (non-hydrogen) atoms. The second kappa shape index (κ2) is 6.08. The molecule has 88 valence electrons. The zero-order valence-corrected chi connectivity index (χ0v) is 11.8. The molecule has 0 aromatic heterocycles. The number of rotatable bonds is 4. The molecule has 0 atom stereocenters. The van der Waals surface area contributed by atoms with E-state index in [2.05, 4.69) is 34.1 Å². The third kappa shape index (κ3) is 3.25. The molecular weight excluding hydrogens is 282 g/mol. The van der Waals surface area contributed by atoms with Crippen LogP contribution in [-0.2, 0) is 6.54 Å². The lowest BCUT2D eigenvalue weighted by molar-refractivity contribution is 0.623. The fourth-order valence-corrected chi connectivity index (χ4v) is 4.02. The highest BCUT2D eigenvalue weighted by molar-refractivity contribution is 9.10. The van der Waals surface area contributed by atoms with Gasteiger partial charge in [-0.3, -0.25) is 0 Å². The van der Waals surface area contributed by atoms with Crippen LogP contribution in [0, 0.1) is 5.92 Å². The third-order valence-corrected chi connectivity index (χ3v) is 5.02. The van der Waals surface area contributed by atoms with E-state index in [1.807, 2.05) is 11.8 Å². The lowest BCUT2D eigenvalue weighted by Gasteiger charge is -2.11. The number of hydrogen-bond donors (Lipinski definition) is 1. The molecule has 0 bridgehead atoms. The normalized spacial score (nSPS) is 16.9. The van der Waals surface area contributed by atoms with E-state index < -0.39 is 0 Å². The van der Waals surface area contributed by atoms with E-state index in [-0.39, 0.29) is 0 Å². The van der Waals surface area contributed by atoms with E-state index in [9.17, 15) is 0 Å². The maximum absolute atomic E-state index is 5.76. The molecule has 0 saturated heterocycles. The number of halogens is 1. The molecular formula is C13H18BrNS. The lowest BCUT2D eigenvalue weighted by Crippen LogP contribution is -2.01. The minimum absolute atomic E-state index is 0.639. The van der Waals surface area contributed by atoms with Crippen molar-refractivity contribution in [3.05, 3.63) is 28.2 Å². The first-order valence-corrected chi connectivity index (χ1v) is 7.68. The number of nitrogens with two attached hydrogens (primary N) is 1. The average Bonchev–Trinajstić information content (AvgIpc) is 2.79. The van der Waals surface area contributed by atoms with Gasteiger partial charge in [-0.2, -0.15) is 0 Å². The quantitative estimate of drug-likeness (QED) is 0.844. The molecule has 1 aliphatic carbocycles. The van der Waals surface area contributed by atoms with Crippen molar-refractivity contribution in [1.82, 2.24) is 0 Å². The smallest absolute Gasteiger partial charge is 0.0189 e. The summed E-state index contributed by atoms with van der Waals surface area (Å²) in [6, 6.07) is 6.39. The van der Waals surface area contributed by atoms with Crippen molar-refractivity contribution in [2.24, 2.45) is 11.7 Å². The van der Waals surface area contributed by atoms with Gasteiger partial charge in [0.25, 0.3) is 0 Å². The molecule has 0 heterocycles. The fraction of sp³-hybridized carbons (Fsp3) is 0.538. The van der Waals surface area contributed by atoms with E-state index in [1.54, 1.807) is 0 Å². The molecule has 0 radical (unpaired) electrons. The van der Waals surface area contributed by atoms with Gasteiger partial charge < -0.3 is 5.73 Å². The molecule has 1 aliphatic rings. The SMILES string of the molecule is NCc1ccc(Br)cc1SCC1CCCC1. The molecule has 2 rings (SSSR count). The van der Waals surface area contributed by atoms with E-state index in [4.69, 9.17) is 5.73 Å². The molecule has 1 saturated carbocycles. The van der Waals surface area contributed by atoms with E-state index in [1.165, 1.54) is 41.9 Å². The number of benzene rings is 1. The van der Waals surface area contributed by atoms with E-state index in [0.717, 1.165) is 10.4 Å². The highest BCUT2D eigenvalue weighted by Gasteiger charge is 2.15. The predicted molar refractivity (Wildman–Crippen MR) is 74.7 cm³/mol. The Morgan fingerprint density at radius 1 is 1.31 bits per heavy atom. The van der Waals surface area contributed by atoms with Crippen LogP contribution < -0.4 is 5.73 Å². The van der Waals surface area contributed by atoms with Gasteiger partial charge in [0, 0.05) is 21.7 Å². The van der Waals surface area contributed by atoms with Crippen LogP contribution in [0.1, 0.15) is 31.2 Å². The maximum Gasteiger partial charge on any atom is 0.0189 e. The van der Waals surface area contributed by atoms with Crippen LogP contribution in [0.3, 0.4) is 0 Å². The standard InChI is InChI=1S/C13H18BrNS/c14-12-6-5-11(8-15)13(7-12)16-9-10-3-1-2-4-10/h5-7,10H,1-4,8-9,15H2. The summed E-state index contributed by atoms with van der Waals surface area (Å²) in [5.74, 6) is 2.18. The summed E-state index contributed by atoms with van der Waals surface area (Å²) < 4.78 is 1.15. The van der Waals surface area contributed by atoms with Crippen LogP contribution in [0.2, 0.25) is 0 Å². The summed E-state index contributed by atoms with van der Waals surface area (Å²) in [4.78, 5) is 1.35. The van der Waals surface area contributed by atoms with E-state index in [0.29, 0.717) is 6.54 Å². The van der Waals surface area contributed by atoms with Crippen molar-refractivity contribution in [2.45, 2.75) is 37.1 Å². The van der Waals surface area contributed by atoms with Crippen LogP contribution in [-0.4, -0.2) is 5.75 Å². The maximum atomic E-state index is 5.76. The van der Waals surface area contributed by atoms with Gasteiger partial charge in [-0.15, -0.1) is 11.8 Å². The van der Waals surface area contributed by atoms with Gasteiger partial charge in [0.05, 0.1) is 0 Å². The van der Waals surface area contributed by atoms with Crippen molar-refractivity contribution in [1.29, 1.82) is 0 Å². The van der Waals surface area contributed by atoms with Crippen LogP contribution >= 0.6 is 27.7 Å².